The van der Waals surface area contributed by atoms with Gasteiger partial charge in [-0.2, -0.15) is 0 Å². The molecule has 0 atom stereocenters. The van der Waals surface area contributed by atoms with Crippen LogP contribution in [0.2, 0.25) is 0 Å². The molecule has 27 heavy (non-hydrogen) atoms. The first kappa shape index (κ1) is 18.5. The average Bonchev–Trinajstić information content (AvgIpc) is 2.63. The Morgan fingerprint density at radius 3 is 2.74 bits per heavy atom. The molecule has 1 aromatic heterocycles. The van der Waals surface area contributed by atoms with Gasteiger partial charge in [0.25, 0.3) is 11.2 Å². The molecule has 0 amide bonds. The van der Waals surface area contributed by atoms with Crippen LogP contribution < -0.4 is 10.9 Å². The van der Waals surface area contributed by atoms with Crippen LogP contribution >= 0.6 is 0 Å². The maximum Gasteiger partial charge on any atom is 0.293 e. The Bertz CT molecular complexity index is 1020. The fraction of sp³-hybridized carbons (Fsp3) is 0.222. The molecular formula is C18H18FN5O3. The Labute approximate surface area is 153 Å². The molecule has 0 saturated carbocycles. The second kappa shape index (κ2) is 7.92. The highest BCUT2D eigenvalue weighted by molar-refractivity contribution is 5.86. The van der Waals surface area contributed by atoms with Gasteiger partial charge in [0, 0.05) is 25.7 Å². The van der Waals surface area contributed by atoms with E-state index in [9.17, 15) is 19.3 Å². The smallest absolute Gasteiger partial charge is 0.293 e. The number of halogens is 1. The van der Waals surface area contributed by atoms with Crippen LogP contribution in [0, 0.1) is 15.9 Å². The van der Waals surface area contributed by atoms with E-state index >= 15 is 0 Å². The molecule has 0 aliphatic carbocycles. The minimum Gasteiger partial charge on any atom is -0.378 e. The number of nitrogens with one attached hydrogen (secondary N) is 2. The van der Waals surface area contributed by atoms with Crippen LogP contribution in [0.3, 0.4) is 0 Å². The zero-order valence-electron chi connectivity index (χ0n) is 14.6. The average molecular weight is 371 g/mol. The van der Waals surface area contributed by atoms with E-state index in [0.29, 0.717) is 30.8 Å². The lowest BCUT2D eigenvalue weighted by atomic mass is 10.2. The third kappa shape index (κ3) is 4.45. The summed E-state index contributed by atoms with van der Waals surface area (Å²) in [5, 5.41) is 14.5. The highest BCUT2D eigenvalue weighted by Gasteiger charge is 2.17. The van der Waals surface area contributed by atoms with E-state index in [2.05, 4.69) is 15.3 Å². The summed E-state index contributed by atoms with van der Waals surface area (Å²) in [4.78, 5) is 31.1. The van der Waals surface area contributed by atoms with E-state index in [0.717, 1.165) is 5.56 Å². The molecule has 8 nitrogen and oxygen atoms in total. The van der Waals surface area contributed by atoms with Crippen molar-refractivity contribution in [3.8, 4) is 0 Å². The molecule has 140 valence electrons. The van der Waals surface area contributed by atoms with Gasteiger partial charge in [-0.3, -0.25) is 14.9 Å². The molecule has 0 aliphatic rings. The zero-order chi connectivity index (χ0) is 19.4. The number of benzene rings is 2. The number of aromatic amines is 1. The minimum absolute atomic E-state index is 0.170. The fourth-order valence-electron chi connectivity index (χ4n) is 2.76. The fourth-order valence-corrected chi connectivity index (χ4v) is 2.76. The van der Waals surface area contributed by atoms with Crippen LogP contribution in [-0.2, 0) is 6.54 Å². The summed E-state index contributed by atoms with van der Waals surface area (Å²) < 4.78 is 12.9. The summed E-state index contributed by atoms with van der Waals surface area (Å²) in [6.07, 6.45) is 1.26. The van der Waals surface area contributed by atoms with Gasteiger partial charge in [0.1, 0.15) is 11.5 Å². The molecule has 2 aromatic carbocycles. The Kier molecular flexibility index (Phi) is 5.41. The standard InChI is InChI=1S/C18H18FN5O3/c1-23(10-12-2-4-13(19)5-3-12)7-6-20-16-9-15-14(8-17(16)24(26)27)18(25)22-11-21-15/h2-5,8-9,11,20H,6-7,10H2,1H3,(H,21,22,25). The lowest BCUT2D eigenvalue weighted by Gasteiger charge is -2.17. The van der Waals surface area contributed by atoms with Crippen LogP contribution in [-0.4, -0.2) is 39.9 Å². The molecule has 0 radical (unpaired) electrons. The first-order valence-corrected chi connectivity index (χ1v) is 8.27. The number of anilines is 1. The Morgan fingerprint density at radius 1 is 1.30 bits per heavy atom. The van der Waals surface area contributed by atoms with Crippen LogP contribution in [0.4, 0.5) is 15.8 Å². The van der Waals surface area contributed by atoms with E-state index in [1.807, 2.05) is 11.9 Å². The molecule has 1 heterocycles. The number of likely N-dealkylation sites (N-methyl/N-ethyl adjacent to an activating group) is 1. The number of fused-ring (bicyclic) bond motifs is 1. The summed E-state index contributed by atoms with van der Waals surface area (Å²) in [5.41, 5.74) is 1.06. The topological polar surface area (TPSA) is 104 Å². The molecule has 0 spiro atoms. The summed E-state index contributed by atoms with van der Waals surface area (Å²) in [5.74, 6) is -0.279. The zero-order valence-corrected chi connectivity index (χ0v) is 14.6. The monoisotopic (exact) mass is 371 g/mol. The van der Waals surface area contributed by atoms with Crippen molar-refractivity contribution in [3.05, 3.63) is 74.6 Å². The molecule has 0 fully saturated rings. The van der Waals surface area contributed by atoms with Crippen molar-refractivity contribution in [2.75, 3.05) is 25.5 Å². The molecule has 2 N–H and O–H groups in total. The first-order valence-electron chi connectivity index (χ1n) is 8.27. The van der Waals surface area contributed by atoms with Crippen LogP contribution in [0.15, 0.2) is 47.5 Å². The second-order valence-electron chi connectivity index (χ2n) is 6.17. The summed E-state index contributed by atoms with van der Waals surface area (Å²) in [6.45, 7) is 1.68. The number of H-pyrrole nitrogens is 1. The van der Waals surface area contributed by atoms with Gasteiger partial charge >= 0.3 is 0 Å². The largest absolute Gasteiger partial charge is 0.378 e. The molecule has 3 aromatic rings. The summed E-state index contributed by atoms with van der Waals surface area (Å²) in [6, 6.07) is 8.99. The highest BCUT2D eigenvalue weighted by atomic mass is 19.1. The number of nitro benzene ring substituents is 1. The van der Waals surface area contributed by atoms with Gasteiger partial charge in [0.2, 0.25) is 0 Å². The van der Waals surface area contributed by atoms with Gasteiger partial charge < -0.3 is 15.2 Å². The Balaban J connectivity index is 1.68. The quantitative estimate of drug-likeness (QED) is 0.488. The van der Waals surface area contributed by atoms with Crippen molar-refractivity contribution < 1.29 is 9.31 Å². The van der Waals surface area contributed by atoms with E-state index < -0.39 is 10.5 Å². The lowest BCUT2D eigenvalue weighted by molar-refractivity contribution is -0.383. The van der Waals surface area contributed by atoms with Crippen molar-refractivity contribution in [1.29, 1.82) is 0 Å². The number of rotatable bonds is 7. The second-order valence-corrected chi connectivity index (χ2v) is 6.17. The normalized spacial score (nSPS) is 11.1. The van der Waals surface area contributed by atoms with Crippen LogP contribution in [0.25, 0.3) is 10.9 Å². The van der Waals surface area contributed by atoms with Crippen molar-refractivity contribution in [2.45, 2.75) is 6.54 Å². The minimum atomic E-state index is -0.531. The van der Waals surface area contributed by atoms with Crippen molar-refractivity contribution in [1.82, 2.24) is 14.9 Å². The maximum atomic E-state index is 12.9. The van der Waals surface area contributed by atoms with Gasteiger partial charge in [-0.1, -0.05) is 12.1 Å². The number of aromatic nitrogens is 2. The first-order chi connectivity index (χ1) is 12.9. The van der Waals surface area contributed by atoms with Crippen molar-refractivity contribution >= 4 is 22.3 Å². The van der Waals surface area contributed by atoms with Crippen LogP contribution in [0.5, 0.6) is 0 Å². The third-order valence-electron chi connectivity index (χ3n) is 4.13. The molecule has 0 bridgehead atoms. The summed E-state index contributed by atoms with van der Waals surface area (Å²) >= 11 is 0. The van der Waals surface area contributed by atoms with Gasteiger partial charge in [0.05, 0.1) is 22.2 Å². The molecule has 0 unspecified atom stereocenters. The van der Waals surface area contributed by atoms with Crippen molar-refractivity contribution in [2.24, 2.45) is 0 Å². The summed E-state index contributed by atoms with van der Waals surface area (Å²) in [7, 11) is 1.90. The lowest BCUT2D eigenvalue weighted by Crippen LogP contribution is -2.25. The number of hydrogen-bond donors (Lipinski definition) is 2. The Hall–Kier alpha value is -3.33. The van der Waals surface area contributed by atoms with E-state index in [4.69, 9.17) is 0 Å². The number of nitrogens with zero attached hydrogens (tertiary/aromatic N) is 3. The molecule has 0 aliphatic heterocycles. The van der Waals surface area contributed by atoms with Crippen LogP contribution in [0.1, 0.15) is 5.56 Å². The van der Waals surface area contributed by atoms with E-state index in [1.165, 1.54) is 30.6 Å². The predicted octanol–water partition coefficient (Wildman–Crippen LogP) is 2.51. The Morgan fingerprint density at radius 2 is 2.04 bits per heavy atom. The third-order valence-corrected chi connectivity index (χ3v) is 4.13. The molecule has 0 saturated heterocycles. The SMILES string of the molecule is CN(CCNc1cc2nc[nH]c(=O)c2cc1[N+](=O)[O-])Cc1ccc(F)cc1. The molecule has 3 rings (SSSR count). The van der Waals surface area contributed by atoms with Gasteiger partial charge in [-0.15, -0.1) is 0 Å². The van der Waals surface area contributed by atoms with E-state index in [-0.39, 0.29) is 16.9 Å². The van der Waals surface area contributed by atoms with E-state index in [1.54, 1.807) is 12.1 Å². The number of nitro groups is 1. The maximum absolute atomic E-state index is 12.9. The van der Waals surface area contributed by atoms with Gasteiger partial charge in [-0.25, -0.2) is 9.37 Å². The molecular weight excluding hydrogens is 353 g/mol. The predicted molar refractivity (Wildman–Crippen MR) is 100 cm³/mol. The van der Waals surface area contributed by atoms with Crippen molar-refractivity contribution in [3.63, 3.8) is 0 Å². The van der Waals surface area contributed by atoms with Gasteiger partial charge in [0.15, 0.2) is 0 Å². The van der Waals surface area contributed by atoms with Gasteiger partial charge in [-0.05, 0) is 30.8 Å². The number of hydrogen-bond acceptors (Lipinski definition) is 6. The highest BCUT2D eigenvalue weighted by Crippen LogP contribution is 2.27. The molecule has 9 heteroatoms.